The molecule has 1 amide bonds. The summed E-state index contributed by atoms with van der Waals surface area (Å²) in [5.74, 6) is -0.636. The maximum Gasteiger partial charge on any atom is 0.335 e. The smallest absolute Gasteiger partial charge is 0.335 e. The Morgan fingerprint density at radius 2 is 2.09 bits per heavy atom. The standard InChI is InChI=1S/C16H18N2O4/c1-18-9-3-4-13(18)15(19)17-8-7-11-5-6-12(16(20)21)10-14(11)22-2/h3-6,9-10H,7-8H2,1-2H3,(H,17,19)(H,20,21). The first-order valence-electron chi connectivity index (χ1n) is 6.82. The van der Waals surface area contributed by atoms with Gasteiger partial charge < -0.3 is 19.7 Å². The van der Waals surface area contributed by atoms with Crippen molar-refractivity contribution in [2.75, 3.05) is 13.7 Å². The predicted octanol–water partition coefficient (Wildman–Crippen LogP) is 1.70. The minimum Gasteiger partial charge on any atom is -0.496 e. The lowest BCUT2D eigenvalue weighted by atomic mass is 10.1. The monoisotopic (exact) mass is 302 g/mol. The van der Waals surface area contributed by atoms with Crippen LogP contribution in [0.15, 0.2) is 36.5 Å². The summed E-state index contributed by atoms with van der Waals surface area (Å²) in [6.07, 6.45) is 2.36. The SMILES string of the molecule is COc1cc(C(=O)O)ccc1CCNC(=O)c1cccn1C. The molecule has 22 heavy (non-hydrogen) atoms. The van der Waals surface area contributed by atoms with Gasteiger partial charge in [0, 0.05) is 19.8 Å². The maximum absolute atomic E-state index is 12.0. The number of benzene rings is 1. The van der Waals surface area contributed by atoms with Gasteiger partial charge in [-0.25, -0.2) is 4.79 Å². The van der Waals surface area contributed by atoms with E-state index in [-0.39, 0.29) is 11.5 Å². The second kappa shape index (κ2) is 6.80. The Hall–Kier alpha value is -2.76. The number of carbonyl (C=O) groups excluding carboxylic acids is 1. The number of methoxy groups -OCH3 is 1. The molecule has 116 valence electrons. The van der Waals surface area contributed by atoms with E-state index in [1.54, 1.807) is 16.7 Å². The largest absolute Gasteiger partial charge is 0.496 e. The van der Waals surface area contributed by atoms with E-state index in [9.17, 15) is 9.59 Å². The van der Waals surface area contributed by atoms with Gasteiger partial charge in [0.1, 0.15) is 11.4 Å². The van der Waals surface area contributed by atoms with Crippen LogP contribution >= 0.6 is 0 Å². The lowest BCUT2D eigenvalue weighted by molar-refractivity contribution is 0.0696. The van der Waals surface area contributed by atoms with Gasteiger partial charge in [-0.3, -0.25) is 4.79 Å². The third kappa shape index (κ3) is 3.46. The summed E-state index contributed by atoms with van der Waals surface area (Å²) in [6.45, 7) is 0.437. The van der Waals surface area contributed by atoms with Crippen LogP contribution in [0.1, 0.15) is 26.4 Å². The Morgan fingerprint density at radius 3 is 2.68 bits per heavy atom. The number of nitrogens with zero attached hydrogens (tertiary/aromatic N) is 1. The Bertz CT molecular complexity index is 691. The molecule has 6 heteroatoms. The molecule has 0 aliphatic carbocycles. The van der Waals surface area contributed by atoms with E-state index in [0.29, 0.717) is 24.4 Å². The molecule has 2 aromatic rings. The third-order valence-corrected chi connectivity index (χ3v) is 3.39. The van der Waals surface area contributed by atoms with E-state index >= 15 is 0 Å². The maximum atomic E-state index is 12.0. The van der Waals surface area contributed by atoms with Crippen LogP contribution in [-0.4, -0.2) is 35.2 Å². The zero-order valence-corrected chi connectivity index (χ0v) is 12.5. The molecular formula is C16H18N2O4. The van der Waals surface area contributed by atoms with Gasteiger partial charge in [0.05, 0.1) is 12.7 Å². The summed E-state index contributed by atoms with van der Waals surface area (Å²) in [6, 6.07) is 8.27. The molecule has 1 aromatic carbocycles. The molecule has 0 bridgehead atoms. The molecular weight excluding hydrogens is 284 g/mol. The van der Waals surface area contributed by atoms with Gasteiger partial charge in [-0.15, -0.1) is 0 Å². The number of ether oxygens (including phenoxy) is 1. The molecule has 0 aliphatic rings. The summed E-state index contributed by atoms with van der Waals surface area (Å²) in [5.41, 5.74) is 1.61. The van der Waals surface area contributed by atoms with Crippen LogP contribution in [-0.2, 0) is 13.5 Å². The highest BCUT2D eigenvalue weighted by molar-refractivity contribution is 5.92. The Kier molecular flexibility index (Phi) is 4.83. The first-order chi connectivity index (χ1) is 10.5. The molecule has 0 unspecified atom stereocenters. The van der Waals surface area contributed by atoms with Gasteiger partial charge in [0.25, 0.3) is 5.91 Å². The van der Waals surface area contributed by atoms with Crippen LogP contribution < -0.4 is 10.1 Å². The van der Waals surface area contributed by atoms with Gasteiger partial charge in [-0.2, -0.15) is 0 Å². The van der Waals surface area contributed by atoms with E-state index in [1.807, 2.05) is 19.3 Å². The lowest BCUT2D eigenvalue weighted by Crippen LogP contribution is -2.27. The first-order valence-corrected chi connectivity index (χ1v) is 6.82. The van der Waals surface area contributed by atoms with Crippen molar-refractivity contribution in [1.29, 1.82) is 0 Å². The molecule has 0 saturated carbocycles. The molecule has 0 saturated heterocycles. The van der Waals surface area contributed by atoms with Gasteiger partial charge in [0.15, 0.2) is 0 Å². The van der Waals surface area contributed by atoms with Crippen LogP contribution in [0.25, 0.3) is 0 Å². The van der Waals surface area contributed by atoms with Crippen molar-refractivity contribution in [2.45, 2.75) is 6.42 Å². The lowest BCUT2D eigenvalue weighted by Gasteiger charge is -2.10. The second-order valence-corrected chi connectivity index (χ2v) is 4.84. The van der Waals surface area contributed by atoms with Crippen molar-refractivity contribution >= 4 is 11.9 Å². The summed E-state index contributed by atoms with van der Waals surface area (Å²) in [4.78, 5) is 22.9. The predicted molar refractivity (Wildman–Crippen MR) is 81.4 cm³/mol. The van der Waals surface area contributed by atoms with E-state index < -0.39 is 5.97 Å². The average molecular weight is 302 g/mol. The fourth-order valence-corrected chi connectivity index (χ4v) is 2.18. The van der Waals surface area contributed by atoms with E-state index in [1.165, 1.54) is 19.2 Å². The third-order valence-electron chi connectivity index (χ3n) is 3.39. The molecule has 0 atom stereocenters. The highest BCUT2D eigenvalue weighted by Gasteiger charge is 2.11. The minimum absolute atomic E-state index is 0.145. The number of carbonyl (C=O) groups is 2. The van der Waals surface area contributed by atoms with Crippen molar-refractivity contribution in [3.05, 3.63) is 53.3 Å². The van der Waals surface area contributed by atoms with E-state index in [0.717, 1.165) is 5.56 Å². The van der Waals surface area contributed by atoms with Gasteiger partial charge in [0.2, 0.25) is 0 Å². The molecule has 0 spiro atoms. The molecule has 0 radical (unpaired) electrons. The molecule has 1 aromatic heterocycles. The fourth-order valence-electron chi connectivity index (χ4n) is 2.18. The summed E-state index contributed by atoms with van der Waals surface area (Å²) in [7, 11) is 3.30. The van der Waals surface area contributed by atoms with Gasteiger partial charge in [-0.05, 0) is 36.2 Å². The first kappa shape index (κ1) is 15.6. The van der Waals surface area contributed by atoms with Gasteiger partial charge in [-0.1, -0.05) is 6.07 Å². The molecule has 0 fully saturated rings. The number of hydrogen-bond donors (Lipinski definition) is 2. The number of rotatable bonds is 6. The van der Waals surface area contributed by atoms with Crippen LogP contribution in [0.5, 0.6) is 5.75 Å². The number of hydrogen-bond acceptors (Lipinski definition) is 3. The topological polar surface area (TPSA) is 80.6 Å². The molecule has 0 aliphatic heterocycles. The molecule has 1 heterocycles. The van der Waals surface area contributed by atoms with Crippen molar-refractivity contribution in [2.24, 2.45) is 7.05 Å². The van der Waals surface area contributed by atoms with Crippen LogP contribution in [0.4, 0.5) is 0 Å². The summed E-state index contributed by atoms with van der Waals surface area (Å²) < 4.78 is 6.95. The van der Waals surface area contributed by atoms with Gasteiger partial charge >= 0.3 is 5.97 Å². The Labute approximate surface area is 128 Å². The normalized spacial score (nSPS) is 10.3. The average Bonchev–Trinajstić information content (AvgIpc) is 2.93. The highest BCUT2D eigenvalue weighted by Crippen LogP contribution is 2.20. The Morgan fingerprint density at radius 1 is 1.32 bits per heavy atom. The van der Waals surface area contributed by atoms with Crippen LogP contribution in [0.2, 0.25) is 0 Å². The van der Waals surface area contributed by atoms with Crippen LogP contribution in [0.3, 0.4) is 0 Å². The zero-order valence-electron chi connectivity index (χ0n) is 12.5. The number of aryl methyl sites for hydroxylation is 1. The van der Waals surface area contributed by atoms with Crippen molar-refractivity contribution in [3.63, 3.8) is 0 Å². The highest BCUT2D eigenvalue weighted by atomic mass is 16.5. The number of aromatic nitrogens is 1. The van der Waals surface area contributed by atoms with Crippen LogP contribution in [0, 0.1) is 0 Å². The minimum atomic E-state index is -0.998. The number of amides is 1. The zero-order chi connectivity index (χ0) is 16.1. The summed E-state index contributed by atoms with van der Waals surface area (Å²) >= 11 is 0. The molecule has 6 nitrogen and oxygen atoms in total. The number of aromatic carboxylic acids is 1. The Balaban J connectivity index is 1.98. The van der Waals surface area contributed by atoms with Crippen molar-refractivity contribution in [3.8, 4) is 5.75 Å². The molecule has 2 N–H and O–H groups in total. The quantitative estimate of drug-likeness (QED) is 0.851. The molecule has 2 rings (SSSR count). The van der Waals surface area contributed by atoms with Crippen molar-refractivity contribution < 1.29 is 19.4 Å². The number of carboxylic acids is 1. The van der Waals surface area contributed by atoms with Crippen molar-refractivity contribution in [1.82, 2.24) is 9.88 Å². The number of carboxylic acid groups (broad SMARTS) is 1. The summed E-state index contributed by atoms with van der Waals surface area (Å²) in [5, 5.41) is 11.8. The second-order valence-electron chi connectivity index (χ2n) is 4.84. The number of nitrogens with one attached hydrogen (secondary N) is 1. The van der Waals surface area contributed by atoms with E-state index in [2.05, 4.69) is 5.32 Å². The fraction of sp³-hybridized carbons (Fsp3) is 0.250. The van der Waals surface area contributed by atoms with E-state index in [4.69, 9.17) is 9.84 Å².